The number of nitrogens with two attached hydrogens (primary N) is 1. The molecule has 88 valence electrons. The molecule has 0 radical (unpaired) electrons. The van der Waals surface area contributed by atoms with Crippen molar-refractivity contribution < 1.29 is 4.74 Å². The van der Waals surface area contributed by atoms with Crippen LogP contribution in [0.5, 0.6) is 5.75 Å². The maximum Gasteiger partial charge on any atom is 0.221 e. The molecule has 17 heavy (non-hydrogen) atoms. The second kappa shape index (κ2) is 4.77. The third kappa shape index (κ3) is 2.60. The molecule has 0 amide bonds. The first-order chi connectivity index (χ1) is 8.10. The molecule has 0 aliphatic heterocycles. The fourth-order valence-electron chi connectivity index (χ4n) is 1.45. The summed E-state index contributed by atoms with van der Waals surface area (Å²) in [5.74, 6) is 0.748. The van der Waals surface area contributed by atoms with Crippen LogP contribution in [-0.2, 0) is 0 Å². The Kier molecular flexibility index (Phi) is 3.36. The molecule has 1 aromatic carbocycles. The second-order valence-electron chi connectivity index (χ2n) is 3.28. The van der Waals surface area contributed by atoms with Crippen LogP contribution >= 0.6 is 23.2 Å². The molecular weight excluding hydrogens is 261 g/mol. The highest BCUT2D eigenvalue weighted by Gasteiger charge is 2.10. The molecule has 2 aromatic rings. The number of anilines is 1. The average Bonchev–Trinajstić information content (AvgIpc) is 2.27. The van der Waals surface area contributed by atoms with Crippen molar-refractivity contribution in [1.29, 1.82) is 0 Å². The number of halogens is 2. The van der Waals surface area contributed by atoms with Crippen LogP contribution in [0.4, 0.5) is 5.95 Å². The lowest BCUT2D eigenvalue weighted by Gasteiger charge is -2.08. The van der Waals surface area contributed by atoms with Crippen molar-refractivity contribution in [3.8, 4) is 17.0 Å². The van der Waals surface area contributed by atoms with E-state index in [9.17, 15) is 0 Å². The van der Waals surface area contributed by atoms with Crippen LogP contribution in [0.3, 0.4) is 0 Å². The monoisotopic (exact) mass is 269 g/mol. The van der Waals surface area contributed by atoms with E-state index in [1.54, 1.807) is 31.4 Å². The number of nitrogens with zero attached hydrogens (tertiary/aromatic N) is 2. The van der Waals surface area contributed by atoms with E-state index in [2.05, 4.69) is 9.97 Å². The SMILES string of the molecule is COc1ccc(Cl)cc1-c1cc(Cl)nc(N)n1. The quantitative estimate of drug-likeness (QED) is 0.852. The molecule has 0 saturated carbocycles. The van der Waals surface area contributed by atoms with Crippen molar-refractivity contribution in [1.82, 2.24) is 9.97 Å². The molecular formula is C11H9Cl2N3O. The Hall–Kier alpha value is -1.52. The van der Waals surface area contributed by atoms with Crippen molar-refractivity contribution in [3.05, 3.63) is 34.4 Å². The van der Waals surface area contributed by atoms with E-state index in [0.29, 0.717) is 16.5 Å². The van der Waals surface area contributed by atoms with Gasteiger partial charge in [0, 0.05) is 16.7 Å². The Labute approximate surface area is 108 Å². The molecule has 0 atom stereocenters. The molecule has 2 N–H and O–H groups in total. The van der Waals surface area contributed by atoms with Crippen molar-refractivity contribution in [2.75, 3.05) is 12.8 Å². The van der Waals surface area contributed by atoms with Gasteiger partial charge in [0.05, 0.1) is 12.8 Å². The number of methoxy groups -OCH3 is 1. The normalized spacial score (nSPS) is 10.3. The highest BCUT2D eigenvalue weighted by molar-refractivity contribution is 6.31. The molecule has 6 heteroatoms. The Bertz CT molecular complexity index is 540. The van der Waals surface area contributed by atoms with Crippen LogP contribution in [0.25, 0.3) is 11.3 Å². The largest absolute Gasteiger partial charge is 0.496 e. The first-order valence-electron chi connectivity index (χ1n) is 4.74. The van der Waals surface area contributed by atoms with Crippen LogP contribution in [0.1, 0.15) is 0 Å². The van der Waals surface area contributed by atoms with Gasteiger partial charge in [0.1, 0.15) is 10.9 Å². The lowest BCUT2D eigenvalue weighted by atomic mass is 10.1. The van der Waals surface area contributed by atoms with E-state index in [1.807, 2.05) is 0 Å². The molecule has 0 spiro atoms. The summed E-state index contributed by atoms with van der Waals surface area (Å²) in [6.07, 6.45) is 0. The topological polar surface area (TPSA) is 61.0 Å². The molecule has 2 rings (SSSR count). The third-order valence-electron chi connectivity index (χ3n) is 2.15. The van der Waals surface area contributed by atoms with Crippen molar-refractivity contribution in [2.24, 2.45) is 0 Å². The van der Waals surface area contributed by atoms with Gasteiger partial charge in [-0.05, 0) is 18.2 Å². The van der Waals surface area contributed by atoms with Crippen LogP contribution in [0.15, 0.2) is 24.3 Å². The van der Waals surface area contributed by atoms with E-state index in [-0.39, 0.29) is 11.1 Å². The van der Waals surface area contributed by atoms with E-state index < -0.39 is 0 Å². The maximum absolute atomic E-state index is 5.94. The maximum atomic E-state index is 5.94. The number of hydrogen-bond donors (Lipinski definition) is 1. The van der Waals surface area contributed by atoms with Crippen LogP contribution in [0.2, 0.25) is 10.2 Å². The van der Waals surface area contributed by atoms with Gasteiger partial charge in [0.25, 0.3) is 0 Å². The molecule has 1 heterocycles. The fourth-order valence-corrected chi connectivity index (χ4v) is 1.82. The molecule has 0 aliphatic rings. The number of ether oxygens (including phenoxy) is 1. The first kappa shape index (κ1) is 12.0. The van der Waals surface area contributed by atoms with Crippen molar-refractivity contribution >= 4 is 29.2 Å². The summed E-state index contributed by atoms with van der Waals surface area (Å²) in [7, 11) is 1.57. The summed E-state index contributed by atoms with van der Waals surface area (Å²) in [6.45, 7) is 0. The molecule has 1 aromatic heterocycles. The molecule has 0 bridgehead atoms. The molecule has 0 aliphatic carbocycles. The molecule has 0 unspecified atom stereocenters. The zero-order valence-corrected chi connectivity index (χ0v) is 10.5. The van der Waals surface area contributed by atoms with E-state index in [0.717, 1.165) is 5.56 Å². The minimum absolute atomic E-state index is 0.106. The van der Waals surface area contributed by atoms with Gasteiger partial charge in [-0.15, -0.1) is 0 Å². The lowest BCUT2D eigenvalue weighted by Crippen LogP contribution is -1.97. The van der Waals surface area contributed by atoms with E-state index in [1.165, 1.54) is 0 Å². The number of nitrogen functional groups attached to an aromatic ring is 1. The molecule has 0 fully saturated rings. The summed E-state index contributed by atoms with van der Waals surface area (Å²) in [5, 5.41) is 0.851. The Balaban J connectivity index is 2.62. The fraction of sp³-hybridized carbons (Fsp3) is 0.0909. The van der Waals surface area contributed by atoms with Gasteiger partial charge >= 0.3 is 0 Å². The van der Waals surface area contributed by atoms with Crippen LogP contribution in [0, 0.1) is 0 Å². The van der Waals surface area contributed by atoms with Gasteiger partial charge in [-0.2, -0.15) is 0 Å². The van der Waals surface area contributed by atoms with Crippen LogP contribution in [-0.4, -0.2) is 17.1 Å². The van der Waals surface area contributed by atoms with Crippen LogP contribution < -0.4 is 10.5 Å². The van der Waals surface area contributed by atoms with Crippen molar-refractivity contribution in [2.45, 2.75) is 0 Å². The highest BCUT2D eigenvalue weighted by atomic mass is 35.5. The Morgan fingerprint density at radius 2 is 1.94 bits per heavy atom. The Morgan fingerprint density at radius 1 is 1.18 bits per heavy atom. The zero-order valence-electron chi connectivity index (χ0n) is 8.95. The van der Waals surface area contributed by atoms with Gasteiger partial charge in [-0.25, -0.2) is 9.97 Å². The molecule has 4 nitrogen and oxygen atoms in total. The van der Waals surface area contributed by atoms with E-state index in [4.69, 9.17) is 33.7 Å². The van der Waals surface area contributed by atoms with E-state index >= 15 is 0 Å². The third-order valence-corrected chi connectivity index (χ3v) is 2.58. The number of hydrogen-bond acceptors (Lipinski definition) is 4. The Morgan fingerprint density at radius 3 is 2.59 bits per heavy atom. The predicted octanol–water partition coefficient (Wildman–Crippen LogP) is 3.04. The van der Waals surface area contributed by atoms with Gasteiger partial charge in [0.2, 0.25) is 5.95 Å². The summed E-state index contributed by atoms with van der Waals surface area (Å²) in [5.41, 5.74) is 6.84. The summed E-state index contributed by atoms with van der Waals surface area (Å²) >= 11 is 11.8. The van der Waals surface area contributed by atoms with Gasteiger partial charge in [-0.3, -0.25) is 0 Å². The highest BCUT2D eigenvalue weighted by Crippen LogP contribution is 2.32. The summed E-state index contributed by atoms with van der Waals surface area (Å²) < 4.78 is 5.23. The number of aromatic nitrogens is 2. The second-order valence-corrected chi connectivity index (χ2v) is 4.10. The summed E-state index contributed by atoms with van der Waals surface area (Å²) in [4.78, 5) is 7.89. The summed E-state index contributed by atoms with van der Waals surface area (Å²) in [6, 6.07) is 6.82. The number of rotatable bonds is 2. The minimum atomic E-state index is 0.106. The zero-order chi connectivity index (χ0) is 12.4. The van der Waals surface area contributed by atoms with Gasteiger partial charge in [-0.1, -0.05) is 23.2 Å². The molecule has 0 saturated heterocycles. The smallest absolute Gasteiger partial charge is 0.221 e. The predicted molar refractivity (Wildman–Crippen MR) is 68.5 cm³/mol. The first-order valence-corrected chi connectivity index (χ1v) is 5.49. The standard InChI is InChI=1S/C11H9Cl2N3O/c1-17-9-3-2-6(12)4-7(9)8-5-10(13)16-11(14)15-8/h2-5H,1H3,(H2,14,15,16). The number of benzene rings is 1. The average molecular weight is 270 g/mol. The van der Waals surface area contributed by atoms with Crippen molar-refractivity contribution in [3.63, 3.8) is 0 Å². The van der Waals surface area contributed by atoms with Gasteiger partial charge in [0.15, 0.2) is 0 Å². The van der Waals surface area contributed by atoms with Gasteiger partial charge < -0.3 is 10.5 Å². The lowest BCUT2D eigenvalue weighted by molar-refractivity contribution is 0.416. The minimum Gasteiger partial charge on any atom is -0.496 e.